The maximum absolute atomic E-state index is 6.03. The summed E-state index contributed by atoms with van der Waals surface area (Å²) in [6, 6.07) is 2.18. The molecule has 0 aromatic carbocycles. The fourth-order valence-corrected chi connectivity index (χ4v) is 2.81. The molecule has 0 amide bonds. The predicted octanol–water partition coefficient (Wildman–Crippen LogP) is 2.14. The first-order valence-electron chi connectivity index (χ1n) is 7.19. The molecule has 1 atom stereocenters. The van der Waals surface area contributed by atoms with Crippen LogP contribution >= 0.6 is 0 Å². The molecule has 4 nitrogen and oxygen atoms in total. The standard InChI is InChI=1S/C15H25N3O/c1-3-8-18-14(15(19-2)6-4-7-15)10-12-11-17-9-5-13(12)16/h5,9,11,14,18H,3-4,6-8,10H2,1-2H3,(H2,16,17). The lowest BCUT2D eigenvalue weighted by molar-refractivity contribution is -0.0980. The monoisotopic (exact) mass is 263 g/mol. The predicted molar refractivity (Wildman–Crippen MR) is 78.0 cm³/mol. The minimum absolute atomic E-state index is 0.0164. The van der Waals surface area contributed by atoms with Crippen molar-refractivity contribution < 1.29 is 4.74 Å². The van der Waals surface area contributed by atoms with E-state index in [1.54, 1.807) is 6.20 Å². The van der Waals surface area contributed by atoms with Gasteiger partial charge in [-0.15, -0.1) is 0 Å². The Morgan fingerprint density at radius 2 is 2.32 bits per heavy atom. The average Bonchev–Trinajstić information content (AvgIpc) is 2.37. The van der Waals surface area contributed by atoms with Gasteiger partial charge in [0, 0.05) is 31.2 Å². The van der Waals surface area contributed by atoms with Gasteiger partial charge in [-0.3, -0.25) is 4.98 Å². The molecule has 19 heavy (non-hydrogen) atoms. The second-order valence-electron chi connectivity index (χ2n) is 5.41. The second-order valence-corrected chi connectivity index (χ2v) is 5.41. The number of pyridine rings is 1. The molecule has 1 saturated carbocycles. The van der Waals surface area contributed by atoms with E-state index in [2.05, 4.69) is 17.2 Å². The lowest BCUT2D eigenvalue weighted by Gasteiger charge is -2.47. The number of anilines is 1. The number of nitrogen functional groups attached to an aromatic ring is 1. The molecule has 0 aliphatic heterocycles. The van der Waals surface area contributed by atoms with E-state index >= 15 is 0 Å². The Labute approximate surface area is 115 Å². The lowest BCUT2D eigenvalue weighted by Crippen LogP contribution is -2.57. The van der Waals surface area contributed by atoms with Crippen LogP contribution in [-0.2, 0) is 11.2 Å². The lowest BCUT2D eigenvalue weighted by atomic mass is 9.72. The first-order valence-corrected chi connectivity index (χ1v) is 7.19. The third-order valence-corrected chi connectivity index (χ3v) is 4.25. The molecule has 1 aromatic rings. The average molecular weight is 263 g/mol. The van der Waals surface area contributed by atoms with Gasteiger partial charge in [-0.2, -0.15) is 0 Å². The number of ether oxygens (including phenoxy) is 1. The summed E-state index contributed by atoms with van der Waals surface area (Å²) in [4.78, 5) is 4.18. The first kappa shape index (κ1) is 14.3. The summed E-state index contributed by atoms with van der Waals surface area (Å²) in [5.41, 5.74) is 7.95. The molecule has 1 aromatic heterocycles. The van der Waals surface area contributed by atoms with Gasteiger partial charge in [-0.05, 0) is 50.3 Å². The summed E-state index contributed by atoms with van der Waals surface area (Å²) in [5.74, 6) is 0. The van der Waals surface area contributed by atoms with Crippen LogP contribution in [0, 0.1) is 0 Å². The summed E-state index contributed by atoms with van der Waals surface area (Å²) in [6.45, 7) is 3.19. The molecule has 1 heterocycles. The smallest absolute Gasteiger partial charge is 0.0834 e. The van der Waals surface area contributed by atoms with Crippen molar-refractivity contribution in [3.05, 3.63) is 24.0 Å². The third-order valence-electron chi connectivity index (χ3n) is 4.25. The van der Waals surface area contributed by atoms with Crippen LogP contribution < -0.4 is 11.1 Å². The van der Waals surface area contributed by atoms with E-state index in [4.69, 9.17) is 10.5 Å². The van der Waals surface area contributed by atoms with E-state index in [0.717, 1.165) is 43.5 Å². The second kappa shape index (κ2) is 6.35. The number of nitrogens with one attached hydrogen (secondary N) is 1. The minimum atomic E-state index is -0.0164. The van der Waals surface area contributed by atoms with Crippen molar-refractivity contribution in [3.63, 3.8) is 0 Å². The molecule has 106 valence electrons. The zero-order valence-corrected chi connectivity index (χ0v) is 12.0. The van der Waals surface area contributed by atoms with E-state index in [1.807, 2.05) is 19.4 Å². The van der Waals surface area contributed by atoms with Crippen molar-refractivity contribution in [3.8, 4) is 0 Å². The summed E-state index contributed by atoms with van der Waals surface area (Å²) < 4.78 is 5.82. The highest BCUT2D eigenvalue weighted by Gasteiger charge is 2.44. The maximum Gasteiger partial charge on any atom is 0.0834 e. The molecule has 0 bridgehead atoms. The molecule has 0 spiro atoms. The molecule has 1 unspecified atom stereocenters. The Bertz CT molecular complexity index is 399. The Hall–Kier alpha value is -1.13. The van der Waals surface area contributed by atoms with Gasteiger partial charge < -0.3 is 15.8 Å². The fraction of sp³-hybridized carbons (Fsp3) is 0.667. The molecule has 3 N–H and O–H groups in total. The van der Waals surface area contributed by atoms with Crippen molar-refractivity contribution in [1.82, 2.24) is 10.3 Å². The Kier molecular flexibility index (Phi) is 4.77. The summed E-state index contributed by atoms with van der Waals surface area (Å²) in [5, 5.41) is 3.63. The van der Waals surface area contributed by atoms with Gasteiger partial charge in [0.15, 0.2) is 0 Å². The van der Waals surface area contributed by atoms with Gasteiger partial charge in [-0.25, -0.2) is 0 Å². The van der Waals surface area contributed by atoms with Crippen LogP contribution in [0.4, 0.5) is 5.69 Å². The molecule has 4 heteroatoms. The number of aromatic nitrogens is 1. The van der Waals surface area contributed by atoms with Gasteiger partial charge in [0.25, 0.3) is 0 Å². The molecular weight excluding hydrogens is 238 g/mol. The number of methoxy groups -OCH3 is 1. The van der Waals surface area contributed by atoms with E-state index in [-0.39, 0.29) is 5.60 Å². The van der Waals surface area contributed by atoms with Crippen LogP contribution in [0.5, 0.6) is 0 Å². The number of hydrogen-bond donors (Lipinski definition) is 2. The van der Waals surface area contributed by atoms with Crippen molar-refractivity contribution in [1.29, 1.82) is 0 Å². The van der Waals surface area contributed by atoms with Gasteiger partial charge in [0.2, 0.25) is 0 Å². The SMILES string of the molecule is CCCNC(Cc1cnccc1N)C1(OC)CCC1. The maximum atomic E-state index is 6.03. The van der Waals surface area contributed by atoms with Crippen molar-refractivity contribution in [2.24, 2.45) is 0 Å². The van der Waals surface area contributed by atoms with E-state index in [1.165, 1.54) is 6.42 Å². The van der Waals surface area contributed by atoms with E-state index < -0.39 is 0 Å². The van der Waals surface area contributed by atoms with Crippen LogP contribution in [0.15, 0.2) is 18.5 Å². The van der Waals surface area contributed by atoms with Crippen molar-refractivity contribution in [2.75, 3.05) is 19.4 Å². The van der Waals surface area contributed by atoms with Crippen LogP contribution in [0.3, 0.4) is 0 Å². The van der Waals surface area contributed by atoms with Crippen LogP contribution in [-0.4, -0.2) is 30.3 Å². The highest BCUT2D eigenvalue weighted by atomic mass is 16.5. The molecular formula is C15H25N3O. The number of nitrogens with two attached hydrogens (primary N) is 1. The molecule has 1 fully saturated rings. The van der Waals surface area contributed by atoms with Gasteiger partial charge >= 0.3 is 0 Å². The zero-order valence-electron chi connectivity index (χ0n) is 12.0. The fourth-order valence-electron chi connectivity index (χ4n) is 2.81. The summed E-state index contributed by atoms with van der Waals surface area (Å²) >= 11 is 0. The van der Waals surface area contributed by atoms with E-state index in [0.29, 0.717) is 6.04 Å². The Morgan fingerprint density at radius 1 is 1.53 bits per heavy atom. The minimum Gasteiger partial charge on any atom is -0.398 e. The molecule has 0 radical (unpaired) electrons. The van der Waals surface area contributed by atoms with Crippen LogP contribution in [0.25, 0.3) is 0 Å². The topological polar surface area (TPSA) is 60.2 Å². The highest BCUT2D eigenvalue weighted by molar-refractivity contribution is 5.45. The molecule has 2 rings (SSSR count). The van der Waals surface area contributed by atoms with Crippen LogP contribution in [0.1, 0.15) is 38.2 Å². The van der Waals surface area contributed by atoms with Gasteiger partial charge in [0.1, 0.15) is 0 Å². The highest BCUT2D eigenvalue weighted by Crippen LogP contribution is 2.39. The molecule has 1 aliphatic rings. The number of hydrogen-bond acceptors (Lipinski definition) is 4. The van der Waals surface area contributed by atoms with Crippen molar-refractivity contribution >= 4 is 5.69 Å². The quantitative estimate of drug-likeness (QED) is 0.791. The van der Waals surface area contributed by atoms with Crippen molar-refractivity contribution in [2.45, 2.75) is 50.7 Å². The number of rotatable bonds is 7. The Morgan fingerprint density at radius 3 is 2.84 bits per heavy atom. The first-order chi connectivity index (χ1) is 9.22. The van der Waals surface area contributed by atoms with Gasteiger partial charge in [0.05, 0.1) is 5.60 Å². The number of nitrogens with zero attached hydrogens (tertiary/aromatic N) is 1. The largest absolute Gasteiger partial charge is 0.398 e. The normalized spacial score (nSPS) is 18.8. The summed E-state index contributed by atoms with van der Waals surface area (Å²) in [6.07, 6.45) is 9.13. The van der Waals surface area contributed by atoms with E-state index in [9.17, 15) is 0 Å². The zero-order chi connectivity index (χ0) is 13.7. The summed E-state index contributed by atoms with van der Waals surface area (Å²) in [7, 11) is 1.83. The molecule has 0 saturated heterocycles. The Balaban J connectivity index is 2.12. The third kappa shape index (κ3) is 3.07. The van der Waals surface area contributed by atoms with Crippen LogP contribution in [0.2, 0.25) is 0 Å². The van der Waals surface area contributed by atoms with Gasteiger partial charge in [-0.1, -0.05) is 6.92 Å². The molecule has 1 aliphatic carbocycles.